The molecule has 0 amide bonds. The van der Waals surface area contributed by atoms with Gasteiger partial charge in [-0.25, -0.2) is 0 Å². The van der Waals surface area contributed by atoms with Gasteiger partial charge in [0.1, 0.15) is 0 Å². The Morgan fingerprint density at radius 1 is 1.57 bits per heavy atom. The minimum absolute atomic E-state index is 0.400. The van der Waals surface area contributed by atoms with E-state index in [1.54, 1.807) is 0 Å². The monoisotopic (exact) mass is 158 g/mol. The molecule has 0 aliphatic heterocycles. The first-order valence-electron chi connectivity index (χ1n) is 2.17. The molecule has 0 rings (SSSR count). The molecule has 0 spiro atoms. The predicted molar refractivity (Wildman–Crippen MR) is 38.6 cm³/mol. The van der Waals surface area contributed by atoms with Crippen LogP contribution in [-0.4, -0.2) is 11.3 Å². The lowest BCUT2D eigenvalue weighted by atomic mass is 10.6. The molecule has 0 fully saturated rings. The van der Waals surface area contributed by atoms with Gasteiger partial charge in [0.05, 0.1) is 5.62 Å². The molecular formula is C4H9Cl2P. The maximum Gasteiger partial charge on any atom is 0.0566 e. The number of alkyl halides is 1. The van der Waals surface area contributed by atoms with Crippen molar-refractivity contribution in [2.75, 3.05) is 5.62 Å². The van der Waals surface area contributed by atoms with Crippen LogP contribution in [-0.2, 0) is 0 Å². The first-order valence-corrected chi connectivity index (χ1v) is 5.20. The molecule has 0 heterocycles. The third-order valence-corrected chi connectivity index (χ3v) is 4.69. The van der Waals surface area contributed by atoms with Gasteiger partial charge in [-0.2, -0.15) is 0 Å². The molecule has 0 aromatic rings. The molecule has 0 nitrogen and oxygen atoms in total. The summed E-state index contributed by atoms with van der Waals surface area (Å²) < 4.78 is 0. The summed E-state index contributed by atoms with van der Waals surface area (Å²) in [6, 6.07) is 0. The van der Waals surface area contributed by atoms with E-state index in [4.69, 9.17) is 22.8 Å². The number of rotatable bonds is 2. The van der Waals surface area contributed by atoms with Gasteiger partial charge < -0.3 is 0 Å². The smallest absolute Gasteiger partial charge is 0.0566 e. The lowest BCUT2D eigenvalue weighted by Crippen LogP contribution is -1.86. The lowest BCUT2D eigenvalue weighted by Gasteiger charge is -2.06. The Bertz CT molecular complexity index is 47.0. The Labute approximate surface area is 55.7 Å². The largest absolute Gasteiger partial charge is 0.120 e. The van der Waals surface area contributed by atoms with Crippen molar-refractivity contribution in [1.29, 1.82) is 0 Å². The normalized spacial score (nSPS) is 15.0. The van der Waals surface area contributed by atoms with Crippen LogP contribution in [0, 0.1) is 0 Å². The van der Waals surface area contributed by atoms with Gasteiger partial charge >= 0.3 is 0 Å². The van der Waals surface area contributed by atoms with Crippen molar-refractivity contribution in [3.05, 3.63) is 0 Å². The molecule has 0 saturated heterocycles. The maximum atomic E-state index is 5.73. The maximum absolute atomic E-state index is 5.73. The highest BCUT2D eigenvalue weighted by molar-refractivity contribution is 7.85. The molecule has 0 saturated carbocycles. The molecule has 0 radical (unpaired) electrons. The summed E-state index contributed by atoms with van der Waals surface area (Å²) in [5.41, 5.74) is 1.18. The predicted octanol–water partition coefficient (Wildman–Crippen LogP) is 3.23. The lowest BCUT2D eigenvalue weighted by molar-refractivity contribution is 1.10. The van der Waals surface area contributed by atoms with Crippen molar-refractivity contribution >= 4 is 30.1 Å². The highest BCUT2D eigenvalue weighted by Crippen LogP contribution is 2.46. The van der Waals surface area contributed by atoms with Gasteiger partial charge in [-0.05, 0) is 5.66 Å². The Morgan fingerprint density at radius 3 is 2.00 bits per heavy atom. The summed E-state index contributed by atoms with van der Waals surface area (Å²) in [6.07, 6.45) is 0. The van der Waals surface area contributed by atoms with Gasteiger partial charge in [0, 0.05) is 7.27 Å². The van der Waals surface area contributed by atoms with Gasteiger partial charge in [-0.3, -0.25) is 0 Å². The summed E-state index contributed by atoms with van der Waals surface area (Å²) in [5.74, 6) is 0. The van der Waals surface area contributed by atoms with Crippen LogP contribution in [0.1, 0.15) is 13.8 Å². The SMILES string of the molecule is CC(C)P(Cl)CCl. The average Bonchev–Trinajstić information content (AvgIpc) is 1.65. The van der Waals surface area contributed by atoms with Gasteiger partial charge in [-0.1, -0.05) is 25.1 Å². The van der Waals surface area contributed by atoms with Crippen LogP contribution in [0.5, 0.6) is 0 Å². The Hall–Kier alpha value is 1.01. The molecule has 0 aromatic carbocycles. The summed E-state index contributed by atoms with van der Waals surface area (Å²) >= 11 is 11.2. The zero-order chi connectivity index (χ0) is 5.86. The van der Waals surface area contributed by atoms with Crippen LogP contribution < -0.4 is 0 Å². The Morgan fingerprint density at radius 2 is 2.00 bits per heavy atom. The van der Waals surface area contributed by atoms with E-state index in [0.717, 1.165) is 0 Å². The van der Waals surface area contributed by atoms with E-state index in [9.17, 15) is 0 Å². The third-order valence-electron chi connectivity index (χ3n) is 0.675. The molecule has 0 aliphatic carbocycles. The Kier molecular flexibility index (Phi) is 4.52. The number of hydrogen-bond acceptors (Lipinski definition) is 0. The minimum Gasteiger partial charge on any atom is -0.120 e. The Balaban J connectivity index is 3.14. The van der Waals surface area contributed by atoms with Crippen molar-refractivity contribution in [3.8, 4) is 0 Å². The molecule has 44 valence electrons. The van der Waals surface area contributed by atoms with Crippen LogP contribution in [0.4, 0.5) is 0 Å². The van der Waals surface area contributed by atoms with Crippen molar-refractivity contribution in [1.82, 2.24) is 0 Å². The second kappa shape index (κ2) is 3.95. The molecule has 0 aliphatic rings. The zero-order valence-electron chi connectivity index (χ0n) is 4.49. The van der Waals surface area contributed by atoms with Gasteiger partial charge in [0.2, 0.25) is 0 Å². The van der Waals surface area contributed by atoms with Gasteiger partial charge in [0.25, 0.3) is 0 Å². The topological polar surface area (TPSA) is 0 Å². The fourth-order valence-corrected chi connectivity index (χ4v) is 1.24. The minimum atomic E-state index is -0.400. The fourth-order valence-electron chi connectivity index (χ4n) is 0.138. The third kappa shape index (κ3) is 3.58. The van der Waals surface area contributed by atoms with Crippen molar-refractivity contribution in [2.24, 2.45) is 0 Å². The van der Waals surface area contributed by atoms with E-state index in [-0.39, 0.29) is 0 Å². The molecule has 0 N–H and O–H groups in total. The van der Waals surface area contributed by atoms with Crippen LogP contribution in [0.2, 0.25) is 0 Å². The van der Waals surface area contributed by atoms with E-state index < -0.39 is 7.27 Å². The van der Waals surface area contributed by atoms with Crippen molar-refractivity contribution in [2.45, 2.75) is 19.5 Å². The zero-order valence-corrected chi connectivity index (χ0v) is 6.89. The van der Waals surface area contributed by atoms with Gasteiger partial charge in [-0.15, -0.1) is 11.6 Å². The van der Waals surface area contributed by atoms with Crippen LogP contribution in [0.3, 0.4) is 0 Å². The molecule has 1 atom stereocenters. The van der Waals surface area contributed by atoms with Gasteiger partial charge in [0.15, 0.2) is 0 Å². The average molecular weight is 159 g/mol. The molecule has 1 unspecified atom stereocenters. The van der Waals surface area contributed by atoms with E-state index in [2.05, 4.69) is 13.8 Å². The van der Waals surface area contributed by atoms with Crippen molar-refractivity contribution in [3.63, 3.8) is 0 Å². The molecule has 0 aromatic heterocycles. The first kappa shape index (κ1) is 8.01. The fraction of sp³-hybridized carbons (Fsp3) is 1.00. The standard InChI is InChI=1S/C4H9Cl2P/c1-4(2)7(6)3-5/h4H,3H2,1-2H3. The van der Waals surface area contributed by atoms with E-state index in [0.29, 0.717) is 11.3 Å². The first-order chi connectivity index (χ1) is 3.18. The van der Waals surface area contributed by atoms with Crippen LogP contribution in [0.15, 0.2) is 0 Å². The molecule has 3 heteroatoms. The molecule has 0 bridgehead atoms. The second-order valence-electron chi connectivity index (χ2n) is 1.61. The highest BCUT2D eigenvalue weighted by Gasteiger charge is 2.04. The van der Waals surface area contributed by atoms with Crippen LogP contribution in [0.25, 0.3) is 0 Å². The highest BCUT2D eigenvalue weighted by atomic mass is 35.7. The summed E-state index contributed by atoms with van der Waals surface area (Å²) in [7, 11) is -0.400. The molecular weight excluding hydrogens is 150 g/mol. The quantitative estimate of drug-likeness (QED) is 0.428. The van der Waals surface area contributed by atoms with Crippen LogP contribution >= 0.6 is 30.1 Å². The number of hydrogen-bond donors (Lipinski definition) is 0. The second-order valence-corrected chi connectivity index (χ2v) is 5.70. The number of halogens is 2. The van der Waals surface area contributed by atoms with E-state index in [1.807, 2.05) is 0 Å². The summed E-state index contributed by atoms with van der Waals surface area (Å²) in [5, 5.41) is 0. The van der Waals surface area contributed by atoms with E-state index in [1.165, 1.54) is 0 Å². The van der Waals surface area contributed by atoms with Crippen molar-refractivity contribution < 1.29 is 0 Å². The molecule has 7 heavy (non-hydrogen) atoms. The van der Waals surface area contributed by atoms with E-state index >= 15 is 0 Å². The summed E-state index contributed by atoms with van der Waals surface area (Å²) in [6.45, 7) is 4.17. The summed E-state index contributed by atoms with van der Waals surface area (Å²) in [4.78, 5) is 0.